The minimum Gasteiger partial charge on any atom is -0.357 e. The molecule has 1 aliphatic carbocycles. The van der Waals surface area contributed by atoms with Gasteiger partial charge in [0.25, 0.3) is 5.91 Å². The molecule has 0 unspecified atom stereocenters. The Kier molecular flexibility index (Phi) is 5.34. The van der Waals surface area contributed by atoms with Gasteiger partial charge in [-0.1, -0.05) is 74.0 Å². The Morgan fingerprint density at radius 3 is 2.36 bits per heavy atom. The second-order valence-corrected chi connectivity index (χ2v) is 9.85. The molecule has 5 heteroatoms. The molecule has 1 amide bonds. The predicted molar refractivity (Wildman–Crippen MR) is 133 cm³/mol. The Bertz CT molecular complexity index is 1280. The number of Topliss-reactive ketones (excluding diaryl/α,β-unsaturated/α-hetero) is 1. The highest BCUT2D eigenvalue weighted by Gasteiger charge is 2.43. The van der Waals surface area contributed by atoms with Crippen LogP contribution >= 0.6 is 11.6 Å². The van der Waals surface area contributed by atoms with E-state index in [0.717, 1.165) is 22.6 Å². The number of ketones is 1. The first kappa shape index (κ1) is 21.5. The van der Waals surface area contributed by atoms with Crippen LogP contribution < -0.4 is 10.2 Å². The number of benzene rings is 3. The number of nitrogens with zero attached hydrogens (tertiary/aromatic N) is 1. The number of hydrogen-bond donors (Lipinski definition) is 1. The Labute approximate surface area is 198 Å². The zero-order chi connectivity index (χ0) is 23.2. The second-order valence-electron chi connectivity index (χ2n) is 9.44. The van der Waals surface area contributed by atoms with E-state index in [9.17, 15) is 9.59 Å². The molecule has 1 aliphatic heterocycles. The highest BCUT2D eigenvalue weighted by Crippen LogP contribution is 2.49. The number of amides is 1. The maximum Gasteiger partial charge on any atom is 0.259 e. The van der Waals surface area contributed by atoms with Gasteiger partial charge in [0.05, 0.1) is 17.4 Å². The summed E-state index contributed by atoms with van der Waals surface area (Å²) in [6.07, 6.45) is 1.12. The minimum absolute atomic E-state index is 0.0392. The third-order valence-electron chi connectivity index (χ3n) is 6.34. The average Bonchev–Trinajstić information content (AvgIpc) is 2.93. The van der Waals surface area contributed by atoms with Crippen LogP contribution in [0.15, 0.2) is 90.1 Å². The van der Waals surface area contributed by atoms with Crippen molar-refractivity contribution in [3.63, 3.8) is 0 Å². The van der Waals surface area contributed by atoms with E-state index < -0.39 is 6.04 Å². The average molecular weight is 457 g/mol. The Morgan fingerprint density at radius 1 is 0.939 bits per heavy atom. The van der Waals surface area contributed by atoms with E-state index in [-0.39, 0.29) is 17.1 Å². The molecule has 0 radical (unpaired) electrons. The number of para-hydroxylation sites is 2. The molecule has 0 fully saturated rings. The van der Waals surface area contributed by atoms with Crippen LogP contribution in [-0.4, -0.2) is 11.7 Å². The summed E-state index contributed by atoms with van der Waals surface area (Å²) in [7, 11) is 0. The third-order valence-corrected chi connectivity index (χ3v) is 6.68. The summed E-state index contributed by atoms with van der Waals surface area (Å²) in [5.74, 6) is -0.140. The molecule has 0 saturated carbocycles. The molecule has 166 valence electrons. The maximum absolute atomic E-state index is 14.0. The van der Waals surface area contributed by atoms with Crippen LogP contribution in [0.3, 0.4) is 0 Å². The first-order chi connectivity index (χ1) is 15.9. The van der Waals surface area contributed by atoms with Crippen LogP contribution in [0.5, 0.6) is 0 Å². The summed E-state index contributed by atoms with van der Waals surface area (Å²) in [6.45, 7) is 4.20. The third kappa shape index (κ3) is 3.85. The Morgan fingerprint density at radius 2 is 1.61 bits per heavy atom. The molecular weight excluding hydrogens is 432 g/mol. The number of fused-ring (bicyclic) bond motifs is 1. The van der Waals surface area contributed by atoms with Gasteiger partial charge in [-0.2, -0.15) is 0 Å². The van der Waals surface area contributed by atoms with Gasteiger partial charge in [0, 0.05) is 28.3 Å². The summed E-state index contributed by atoms with van der Waals surface area (Å²) in [5.41, 5.74) is 4.10. The quantitative estimate of drug-likeness (QED) is 0.461. The van der Waals surface area contributed by atoms with Crippen molar-refractivity contribution >= 4 is 34.7 Å². The van der Waals surface area contributed by atoms with Gasteiger partial charge in [0.2, 0.25) is 0 Å². The van der Waals surface area contributed by atoms with E-state index in [1.807, 2.05) is 66.7 Å². The van der Waals surface area contributed by atoms with Crippen LogP contribution in [0.25, 0.3) is 0 Å². The molecule has 3 aromatic rings. The number of allylic oxidation sites excluding steroid dienone is 1. The van der Waals surface area contributed by atoms with Crippen molar-refractivity contribution in [3.05, 3.63) is 106 Å². The van der Waals surface area contributed by atoms with E-state index in [0.29, 0.717) is 29.0 Å². The van der Waals surface area contributed by atoms with E-state index in [1.165, 1.54) is 0 Å². The standard InChI is InChI=1S/C28H25ClN2O2/c1-28(2)16-22-25(24(32)17-28)26(19-12-6-7-13-20(19)29)31(23-15-9-8-14-21(23)30-22)27(33)18-10-4-3-5-11-18/h3-15,26,30H,16-17H2,1-2H3/t26-/m0/s1. The van der Waals surface area contributed by atoms with Gasteiger partial charge in [-0.05, 0) is 47.7 Å². The highest BCUT2D eigenvalue weighted by atomic mass is 35.5. The smallest absolute Gasteiger partial charge is 0.259 e. The zero-order valence-electron chi connectivity index (χ0n) is 18.6. The van der Waals surface area contributed by atoms with Gasteiger partial charge in [0.1, 0.15) is 0 Å². The van der Waals surface area contributed by atoms with Crippen molar-refractivity contribution in [2.24, 2.45) is 5.41 Å². The lowest BCUT2D eigenvalue weighted by Gasteiger charge is -2.37. The predicted octanol–water partition coefficient (Wildman–Crippen LogP) is 6.80. The Hall–Kier alpha value is -3.37. The number of anilines is 2. The first-order valence-corrected chi connectivity index (χ1v) is 11.5. The molecule has 2 aliphatic rings. The number of hydrogen-bond acceptors (Lipinski definition) is 3. The molecule has 1 atom stereocenters. The molecule has 1 N–H and O–H groups in total. The molecule has 4 nitrogen and oxygen atoms in total. The second kappa shape index (κ2) is 8.20. The minimum atomic E-state index is -0.638. The van der Waals surface area contributed by atoms with Crippen molar-refractivity contribution in [2.45, 2.75) is 32.7 Å². The van der Waals surface area contributed by atoms with Crippen molar-refractivity contribution < 1.29 is 9.59 Å². The normalized spacial score (nSPS) is 19.3. The molecule has 1 heterocycles. The molecule has 5 rings (SSSR count). The number of rotatable bonds is 2. The van der Waals surface area contributed by atoms with Crippen molar-refractivity contribution in [1.29, 1.82) is 0 Å². The van der Waals surface area contributed by atoms with E-state index in [4.69, 9.17) is 11.6 Å². The topological polar surface area (TPSA) is 49.4 Å². The summed E-state index contributed by atoms with van der Waals surface area (Å²) < 4.78 is 0. The van der Waals surface area contributed by atoms with Crippen LogP contribution in [0, 0.1) is 5.41 Å². The van der Waals surface area contributed by atoms with Crippen LogP contribution in [0.2, 0.25) is 5.02 Å². The van der Waals surface area contributed by atoms with Crippen LogP contribution in [0.1, 0.15) is 48.7 Å². The molecule has 0 spiro atoms. The fraction of sp³-hybridized carbons (Fsp3) is 0.214. The molecule has 0 aromatic heterocycles. The van der Waals surface area contributed by atoms with Gasteiger partial charge >= 0.3 is 0 Å². The van der Waals surface area contributed by atoms with Crippen LogP contribution in [-0.2, 0) is 4.79 Å². The van der Waals surface area contributed by atoms with Crippen molar-refractivity contribution in [1.82, 2.24) is 0 Å². The van der Waals surface area contributed by atoms with Crippen molar-refractivity contribution in [2.75, 3.05) is 10.2 Å². The molecule has 0 bridgehead atoms. The number of carbonyl (C=O) groups excluding carboxylic acids is 2. The zero-order valence-corrected chi connectivity index (χ0v) is 19.4. The van der Waals surface area contributed by atoms with Crippen molar-refractivity contribution in [3.8, 4) is 0 Å². The molecular formula is C28H25ClN2O2. The summed E-state index contributed by atoms with van der Waals surface area (Å²) in [6, 6.07) is 23.7. The largest absolute Gasteiger partial charge is 0.357 e. The summed E-state index contributed by atoms with van der Waals surface area (Å²) in [4.78, 5) is 29.4. The van der Waals surface area contributed by atoms with Gasteiger partial charge in [-0.15, -0.1) is 0 Å². The number of nitrogens with one attached hydrogen (secondary N) is 1. The molecule has 0 saturated heterocycles. The van der Waals surface area contributed by atoms with E-state index >= 15 is 0 Å². The van der Waals surface area contributed by atoms with Crippen LogP contribution in [0.4, 0.5) is 11.4 Å². The Balaban J connectivity index is 1.82. The van der Waals surface area contributed by atoms with Gasteiger partial charge in [0.15, 0.2) is 5.78 Å². The van der Waals surface area contributed by atoms with E-state index in [2.05, 4.69) is 19.2 Å². The highest BCUT2D eigenvalue weighted by molar-refractivity contribution is 6.31. The van der Waals surface area contributed by atoms with E-state index in [1.54, 1.807) is 17.0 Å². The first-order valence-electron chi connectivity index (χ1n) is 11.1. The monoisotopic (exact) mass is 456 g/mol. The lowest BCUT2D eigenvalue weighted by molar-refractivity contribution is -0.118. The molecule has 3 aromatic carbocycles. The summed E-state index contributed by atoms with van der Waals surface area (Å²) in [5, 5.41) is 4.05. The lowest BCUT2D eigenvalue weighted by Crippen LogP contribution is -2.39. The van der Waals surface area contributed by atoms with Gasteiger partial charge in [-0.25, -0.2) is 0 Å². The fourth-order valence-electron chi connectivity index (χ4n) is 4.92. The molecule has 33 heavy (non-hydrogen) atoms. The SMILES string of the molecule is CC1(C)CC(=O)C2=C(C1)Nc1ccccc1N(C(=O)c1ccccc1)[C@H]2c1ccccc1Cl. The number of halogens is 1. The maximum atomic E-state index is 14.0. The number of carbonyl (C=O) groups is 2. The van der Waals surface area contributed by atoms with Gasteiger partial charge in [-0.3, -0.25) is 14.5 Å². The fourth-order valence-corrected chi connectivity index (χ4v) is 5.16. The summed E-state index contributed by atoms with van der Waals surface area (Å²) >= 11 is 6.70. The lowest BCUT2D eigenvalue weighted by atomic mass is 9.73. The van der Waals surface area contributed by atoms with Gasteiger partial charge < -0.3 is 5.32 Å².